The minimum absolute atomic E-state index is 0.0440. The van der Waals surface area contributed by atoms with Gasteiger partial charge in [0.1, 0.15) is 0 Å². The third kappa shape index (κ3) is 4.86. The Hall–Kier alpha value is -0.350. The van der Waals surface area contributed by atoms with Crippen molar-refractivity contribution in [3.05, 3.63) is 0 Å². The Kier molecular flexibility index (Phi) is 6.71. The molecule has 0 aromatic carbocycles. The van der Waals surface area contributed by atoms with Crippen LogP contribution in [0.1, 0.15) is 52.9 Å². The zero-order valence-electron chi connectivity index (χ0n) is 17.4. The third-order valence-corrected chi connectivity index (χ3v) is 10.6. The fourth-order valence-corrected chi connectivity index (χ4v) is 9.08. The Bertz CT molecular complexity index is 671. The number of fused-ring (bicyclic) bond motifs is 1. The first kappa shape index (κ1) is 22.3. The van der Waals surface area contributed by atoms with Crippen LogP contribution in [-0.4, -0.2) is 55.4 Å². The molecule has 0 aromatic rings. The quantitative estimate of drug-likeness (QED) is 0.527. The second kappa shape index (κ2) is 8.41. The third-order valence-electron chi connectivity index (χ3n) is 6.40. The highest BCUT2D eigenvalue weighted by Crippen LogP contribution is 2.50. The average molecular weight is 433 g/mol. The van der Waals surface area contributed by atoms with E-state index in [2.05, 4.69) is 15.4 Å². The molecule has 162 valence electrons. The summed E-state index contributed by atoms with van der Waals surface area (Å²) in [5, 5.41) is 6.53. The van der Waals surface area contributed by atoms with Gasteiger partial charge in [-0.05, 0) is 58.8 Å². The highest BCUT2D eigenvalue weighted by molar-refractivity contribution is 8.00. The summed E-state index contributed by atoms with van der Waals surface area (Å²) in [6, 6.07) is 0. The van der Waals surface area contributed by atoms with Crippen molar-refractivity contribution in [3.8, 4) is 0 Å². The van der Waals surface area contributed by atoms with Crippen LogP contribution in [0.4, 0.5) is 0 Å². The molecule has 28 heavy (non-hydrogen) atoms. The summed E-state index contributed by atoms with van der Waals surface area (Å²) in [6.07, 6.45) is 4.24. The number of piperidine rings is 1. The van der Waals surface area contributed by atoms with Crippen molar-refractivity contribution >= 4 is 27.7 Å². The largest absolute Gasteiger partial charge is 0.359 e. The van der Waals surface area contributed by atoms with Gasteiger partial charge in [-0.2, -0.15) is 11.8 Å². The van der Waals surface area contributed by atoms with Crippen molar-refractivity contribution in [2.45, 2.75) is 80.3 Å². The van der Waals surface area contributed by atoms with Gasteiger partial charge in [-0.1, -0.05) is 0 Å². The molecule has 3 aliphatic rings. The molecule has 2 heterocycles. The predicted molar refractivity (Wildman–Crippen MR) is 114 cm³/mol. The van der Waals surface area contributed by atoms with E-state index >= 15 is 0 Å². The molecule has 9 heteroatoms. The number of hydrogen-bond donors (Lipinski definition) is 4. The van der Waals surface area contributed by atoms with Crippen LogP contribution in [0.25, 0.3) is 0 Å². The van der Waals surface area contributed by atoms with Gasteiger partial charge in [0.25, 0.3) is 0 Å². The molecule has 3 rings (SSSR count). The lowest BCUT2D eigenvalue weighted by atomic mass is 9.79. The van der Waals surface area contributed by atoms with Gasteiger partial charge in [0.15, 0.2) is 0 Å². The lowest BCUT2D eigenvalue weighted by molar-refractivity contribution is -0.125. The van der Waals surface area contributed by atoms with Crippen LogP contribution in [-0.2, 0) is 14.8 Å². The predicted octanol–water partition coefficient (Wildman–Crippen LogP) is 1.00. The molecule has 0 radical (unpaired) electrons. The number of amides is 1. The van der Waals surface area contributed by atoms with E-state index in [0.29, 0.717) is 36.5 Å². The lowest BCUT2D eigenvalue weighted by Gasteiger charge is -2.36. The number of rotatable bonds is 4. The van der Waals surface area contributed by atoms with Crippen molar-refractivity contribution in [2.75, 3.05) is 13.6 Å². The van der Waals surface area contributed by atoms with Crippen LogP contribution < -0.4 is 21.1 Å². The molecule has 2 aliphatic heterocycles. The number of thioether (sulfide) groups is 1. The molecule has 1 amide bonds. The second-order valence-electron chi connectivity index (χ2n) is 9.63. The number of nitrogens with one attached hydrogen (secondary N) is 3. The van der Waals surface area contributed by atoms with E-state index in [1.54, 1.807) is 7.05 Å². The Balaban J connectivity index is 1.60. The van der Waals surface area contributed by atoms with Crippen molar-refractivity contribution in [1.29, 1.82) is 0 Å². The zero-order chi connectivity index (χ0) is 20.7. The van der Waals surface area contributed by atoms with Gasteiger partial charge < -0.3 is 16.4 Å². The van der Waals surface area contributed by atoms with Gasteiger partial charge in [0.2, 0.25) is 15.9 Å². The first-order chi connectivity index (χ1) is 13.0. The Morgan fingerprint density at radius 3 is 2.39 bits per heavy atom. The molecule has 1 aliphatic carbocycles. The van der Waals surface area contributed by atoms with Crippen molar-refractivity contribution < 1.29 is 13.2 Å². The Morgan fingerprint density at radius 1 is 1.18 bits per heavy atom. The summed E-state index contributed by atoms with van der Waals surface area (Å²) < 4.78 is 28.1. The van der Waals surface area contributed by atoms with Gasteiger partial charge in [-0.25, -0.2) is 13.1 Å². The van der Waals surface area contributed by atoms with Gasteiger partial charge in [0.05, 0.1) is 17.3 Å². The van der Waals surface area contributed by atoms with Gasteiger partial charge in [0, 0.05) is 35.5 Å². The topological polar surface area (TPSA) is 113 Å². The first-order valence-corrected chi connectivity index (χ1v) is 12.9. The molecule has 5 N–H and O–H groups in total. The standard InChI is InChI=1S/C19H36N4O3S2/c1-19(2,3)23-28(25,26)12-7-5-11(6-8-12)15-9-13-16(27-15)14(18(24)21-4)10-22-17(13)20/h11-17,22-23H,5-10,20H2,1-4H3,(H,21,24). The minimum Gasteiger partial charge on any atom is -0.359 e. The number of nitrogens with two attached hydrogens (primary N) is 1. The normalized spacial score (nSPS) is 39.4. The monoisotopic (exact) mass is 432 g/mol. The average Bonchev–Trinajstić information content (AvgIpc) is 3.06. The van der Waals surface area contributed by atoms with E-state index < -0.39 is 15.6 Å². The van der Waals surface area contributed by atoms with Crippen molar-refractivity contribution in [1.82, 2.24) is 15.4 Å². The molecule has 1 saturated carbocycles. The van der Waals surface area contributed by atoms with Crippen molar-refractivity contribution in [3.63, 3.8) is 0 Å². The van der Waals surface area contributed by atoms with Gasteiger partial charge >= 0.3 is 0 Å². The molecular formula is C19H36N4O3S2. The number of carbonyl (C=O) groups excluding carboxylic acids is 1. The Labute approximate surface area is 173 Å². The highest BCUT2D eigenvalue weighted by Gasteiger charge is 2.49. The SMILES string of the molecule is CNC(=O)C1CNC(N)C2CC(C3CCC(S(=O)(=O)NC(C)(C)C)CC3)SC12. The van der Waals surface area contributed by atoms with E-state index in [9.17, 15) is 13.2 Å². The van der Waals surface area contributed by atoms with E-state index in [-0.39, 0.29) is 28.5 Å². The molecule has 5 unspecified atom stereocenters. The highest BCUT2D eigenvalue weighted by atomic mass is 32.2. The van der Waals surface area contributed by atoms with E-state index in [1.165, 1.54) is 0 Å². The Morgan fingerprint density at radius 2 is 1.82 bits per heavy atom. The number of carbonyl (C=O) groups is 1. The molecule has 3 fully saturated rings. The van der Waals surface area contributed by atoms with Crippen LogP contribution in [0.5, 0.6) is 0 Å². The zero-order valence-corrected chi connectivity index (χ0v) is 19.0. The van der Waals surface area contributed by atoms with Crippen LogP contribution in [0.15, 0.2) is 0 Å². The van der Waals surface area contributed by atoms with E-state index in [1.807, 2.05) is 32.5 Å². The maximum absolute atomic E-state index is 12.6. The van der Waals surface area contributed by atoms with Crippen LogP contribution in [0, 0.1) is 17.8 Å². The maximum atomic E-state index is 12.6. The molecule has 2 saturated heterocycles. The fourth-order valence-electron chi connectivity index (χ4n) is 5.05. The van der Waals surface area contributed by atoms with E-state index in [4.69, 9.17) is 5.73 Å². The minimum atomic E-state index is -3.28. The van der Waals surface area contributed by atoms with Crippen LogP contribution >= 0.6 is 11.8 Å². The summed E-state index contributed by atoms with van der Waals surface area (Å²) in [6.45, 7) is 6.28. The van der Waals surface area contributed by atoms with Gasteiger partial charge in [-0.3, -0.25) is 4.79 Å². The van der Waals surface area contributed by atoms with Crippen LogP contribution in [0.2, 0.25) is 0 Å². The number of hydrogen-bond acceptors (Lipinski definition) is 6. The smallest absolute Gasteiger partial charge is 0.225 e. The summed E-state index contributed by atoms with van der Waals surface area (Å²) >= 11 is 1.93. The fraction of sp³-hybridized carbons (Fsp3) is 0.947. The van der Waals surface area contributed by atoms with Crippen molar-refractivity contribution in [2.24, 2.45) is 23.5 Å². The molecular weight excluding hydrogens is 396 g/mol. The van der Waals surface area contributed by atoms with E-state index in [0.717, 1.165) is 19.3 Å². The molecule has 0 bridgehead atoms. The summed E-state index contributed by atoms with van der Waals surface area (Å²) in [5.74, 6) is 0.854. The second-order valence-corrected chi connectivity index (χ2v) is 13.0. The first-order valence-electron chi connectivity index (χ1n) is 10.4. The maximum Gasteiger partial charge on any atom is 0.225 e. The lowest BCUT2D eigenvalue weighted by Crippen LogP contribution is -2.58. The summed E-state index contributed by atoms with van der Waals surface area (Å²) in [4.78, 5) is 12.3. The summed E-state index contributed by atoms with van der Waals surface area (Å²) in [5.41, 5.74) is 5.87. The molecule has 7 nitrogen and oxygen atoms in total. The molecule has 0 aromatic heterocycles. The number of sulfonamides is 1. The van der Waals surface area contributed by atoms with Gasteiger partial charge in [-0.15, -0.1) is 0 Å². The van der Waals surface area contributed by atoms with Crippen LogP contribution in [0.3, 0.4) is 0 Å². The summed E-state index contributed by atoms with van der Waals surface area (Å²) in [7, 11) is -1.59. The molecule has 0 spiro atoms. The molecule has 5 atom stereocenters.